The second kappa shape index (κ2) is 7.40. The van der Waals surface area contributed by atoms with Crippen LogP contribution in [-0.2, 0) is 10.0 Å². The molecule has 0 spiro atoms. The molecule has 0 atom stereocenters. The number of amidine groups is 1. The van der Waals surface area contributed by atoms with Gasteiger partial charge in [0.1, 0.15) is 4.90 Å². The number of hydrogen-bond acceptors (Lipinski definition) is 6. The molecule has 0 aliphatic carbocycles. The van der Waals surface area contributed by atoms with Gasteiger partial charge in [0.2, 0.25) is 0 Å². The number of piperazine rings is 1. The van der Waals surface area contributed by atoms with Gasteiger partial charge in [-0.2, -0.15) is 8.42 Å². The van der Waals surface area contributed by atoms with Gasteiger partial charge in [0.05, 0.1) is 14.2 Å². The van der Waals surface area contributed by atoms with Crippen molar-refractivity contribution in [3.63, 3.8) is 0 Å². The van der Waals surface area contributed by atoms with Gasteiger partial charge in [-0.15, -0.1) is 4.40 Å². The van der Waals surface area contributed by atoms with E-state index in [1.165, 1.54) is 7.11 Å². The molecule has 2 aliphatic heterocycles. The summed E-state index contributed by atoms with van der Waals surface area (Å²) in [4.78, 5) is 16.8. The van der Waals surface area contributed by atoms with E-state index in [1.807, 2.05) is 4.90 Å². The van der Waals surface area contributed by atoms with Crippen molar-refractivity contribution < 1.29 is 22.7 Å². The van der Waals surface area contributed by atoms with Gasteiger partial charge in [-0.3, -0.25) is 4.79 Å². The monoisotopic (exact) mass is 415 g/mol. The Morgan fingerprint density at radius 1 is 0.966 bits per heavy atom. The Morgan fingerprint density at radius 2 is 1.66 bits per heavy atom. The predicted molar refractivity (Wildman–Crippen MR) is 107 cm³/mol. The van der Waals surface area contributed by atoms with Crippen molar-refractivity contribution in [1.82, 2.24) is 9.80 Å². The fourth-order valence-corrected chi connectivity index (χ4v) is 4.82. The van der Waals surface area contributed by atoms with E-state index in [1.54, 1.807) is 54.5 Å². The molecule has 9 heteroatoms. The summed E-state index contributed by atoms with van der Waals surface area (Å²) in [6.07, 6.45) is 0. The van der Waals surface area contributed by atoms with Gasteiger partial charge in [0.15, 0.2) is 17.3 Å². The first-order valence-electron chi connectivity index (χ1n) is 9.15. The van der Waals surface area contributed by atoms with Crippen LogP contribution in [0, 0.1) is 0 Å². The van der Waals surface area contributed by atoms with E-state index >= 15 is 0 Å². The highest BCUT2D eigenvalue weighted by Gasteiger charge is 2.33. The van der Waals surface area contributed by atoms with Gasteiger partial charge in [-0.1, -0.05) is 12.1 Å². The van der Waals surface area contributed by atoms with E-state index in [4.69, 9.17) is 9.47 Å². The molecule has 1 fully saturated rings. The lowest BCUT2D eigenvalue weighted by molar-refractivity contribution is 0.0692. The molecule has 1 amide bonds. The average molecular weight is 415 g/mol. The summed E-state index contributed by atoms with van der Waals surface area (Å²) < 4.78 is 39.0. The Bertz CT molecular complexity index is 1090. The minimum atomic E-state index is -3.65. The smallest absolute Gasteiger partial charge is 0.285 e. The molecule has 152 valence electrons. The van der Waals surface area contributed by atoms with E-state index in [9.17, 15) is 13.2 Å². The Kier molecular flexibility index (Phi) is 4.91. The molecule has 8 nitrogen and oxygen atoms in total. The van der Waals surface area contributed by atoms with Crippen molar-refractivity contribution in [1.29, 1.82) is 0 Å². The number of methoxy groups -OCH3 is 2. The topological polar surface area (TPSA) is 88.5 Å². The number of hydrogen-bond donors (Lipinski definition) is 0. The molecule has 2 aromatic rings. The van der Waals surface area contributed by atoms with Crippen LogP contribution in [0.2, 0.25) is 0 Å². The highest BCUT2D eigenvalue weighted by atomic mass is 32.2. The Morgan fingerprint density at radius 3 is 2.34 bits per heavy atom. The van der Waals surface area contributed by atoms with Crippen LogP contribution in [0.4, 0.5) is 0 Å². The molecule has 2 heterocycles. The second-order valence-electron chi connectivity index (χ2n) is 6.74. The number of carbonyl (C=O) groups is 1. The van der Waals surface area contributed by atoms with Crippen LogP contribution in [0.1, 0.15) is 15.9 Å². The first-order valence-corrected chi connectivity index (χ1v) is 10.6. The molecular formula is C20H21N3O5S. The fourth-order valence-electron chi connectivity index (χ4n) is 3.59. The van der Waals surface area contributed by atoms with Gasteiger partial charge in [0.25, 0.3) is 15.9 Å². The number of fused-ring (bicyclic) bond motifs is 1. The summed E-state index contributed by atoms with van der Waals surface area (Å²) in [5.74, 6) is 1.41. The van der Waals surface area contributed by atoms with E-state index < -0.39 is 10.0 Å². The summed E-state index contributed by atoms with van der Waals surface area (Å²) >= 11 is 0. The minimum absolute atomic E-state index is 0.105. The van der Waals surface area contributed by atoms with Crippen molar-refractivity contribution in [2.24, 2.45) is 4.40 Å². The van der Waals surface area contributed by atoms with Crippen LogP contribution in [0.25, 0.3) is 0 Å². The molecule has 0 aromatic heterocycles. The molecule has 1 saturated heterocycles. The number of rotatable bonds is 3. The summed E-state index contributed by atoms with van der Waals surface area (Å²) in [5, 5.41) is 0. The zero-order valence-corrected chi connectivity index (χ0v) is 17.0. The first-order chi connectivity index (χ1) is 13.9. The van der Waals surface area contributed by atoms with Crippen LogP contribution in [0.15, 0.2) is 51.8 Å². The van der Waals surface area contributed by atoms with E-state index in [0.29, 0.717) is 54.6 Å². The first kappa shape index (κ1) is 19.3. The largest absolute Gasteiger partial charge is 0.493 e. The number of carbonyl (C=O) groups excluding carboxylic acids is 1. The number of ether oxygens (including phenoxy) is 2. The molecule has 4 rings (SSSR count). The number of benzene rings is 2. The van der Waals surface area contributed by atoms with Crippen LogP contribution in [0.5, 0.6) is 11.5 Å². The third-order valence-corrected chi connectivity index (χ3v) is 6.43. The normalized spacial score (nSPS) is 17.5. The SMILES string of the molecule is COc1ccc(C(=O)N2CCN(C3=NS(=O)(=O)c4ccccc43)CC2)cc1OC. The zero-order chi connectivity index (χ0) is 20.6. The highest BCUT2D eigenvalue weighted by molar-refractivity contribution is 7.90. The molecular weight excluding hydrogens is 394 g/mol. The minimum Gasteiger partial charge on any atom is -0.493 e. The van der Waals surface area contributed by atoms with Gasteiger partial charge in [0, 0.05) is 37.3 Å². The summed E-state index contributed by atoms with van der Waals surface area (Å²) in [6, 6.07) is 11.9. The summed E-state index contributed by atoms with van der Waals surface area (Å²) in [6.45, 7) is 1.94. The van der Waals surface area contributed by atoms with Crippen LogP contribution in [-0.4, -0.2) is 70.4 Å². The molecule has 0 radical (unpaired) electrons. The van der Waals surface area contributed by atoms with Crippen LogP contribution >= 0.6 is 0 Å². The Balaban J connectivity index is 1.49. The predicted octanol–water partition coefficient (Wildman–Crippen LogP) is 1.61. The van der Waals surface area contributed by atoms with Gasteiger partial charge in [-0.05, 0) is 30.3 Å². The maximum absolute atomic E-state index is 12.9. The summed E-state index contributed by atoms with van der Waals surface area (Å²) in [7, 11) is -0.580. The van der Waals surface area contributed by atoms with Gasteiger partial charge >= 0.3 is 0 Å². The van der Waals surface area contributed by atoms with Crippen molar-refractivity contribution in [3.8, 4) is 11.5 Å². The standard InChI is InChI=1S/C20H21N3O5S/c1-27-16-8-7-14(13-17(16)28-2)20(24)23-11-9-22(10-12-23)19-15-5-3-4-6-18(15)29(25,26)21-19/h3-8,13H,9-12H2,1-2H3. The molecule has 0 unspecified atom stereocenters. The van der Waals surface area contributed by atoms with E-state index in [0.717, 1.165) is 0 Å². The third-order valence-electron chi connectivity index (χ3n) is 5.11. The highest BCUT2D eigenvalue weighted by Crippen LogP contribution is 2.29. The molecule has 2 aliphatic rings. The van der Waals surface area contributed by atoms with Crippen LogP contribution < -0.4 is 9.47 Å². The average Bonchev–Trinajstić information content (AvgIpc) is 3.04. The van der Waals surface area contributed by atoms with Crippen molar-refractivity contribution in [2.75, 3.05) is 40.4 Å². The maximum atomic E-state index is 12.9. The van der Waals surface area contributed by atoms with Crippen molar-refractivity contribution in [2.45, 2.75) is 4.90 Å². The molecule has 0 N–H and O–H groups in total. The zero-order valence-electron chi connectivity index (χ0n) is 16.2. The maximum Gasteiger partial charge on any atom is 0.285 e. The number of sulfonamides is 1. The Hall–Kier alpha value is -3.07. The second-order valence-corrected chi connectivity index (χ2v) is 8.31. The van der Waals surface area contributed by atoms with Gasteiger partial charge in [-0.25, -0.2) is 0 Å². The fraction of sp³-hybridized carbons (Fsp3) is 0.300. The lowest BCUT2D eigenvalue weighted by atomic mass is 10.1. The number of amides is 1. The molecule has 29 heavy (non-hydrogen) atoms. The lowest BCUT2D eigenvalue weighted by Gasteiger charge is -2.35. The van der Waals surface area contributed by atoms with Crippen molar-refractivity contribution in [3.05, 3.63) is 53.6 Å². The van der Waals surface area contributed by atoms with Gasteiger partial charge < -0.3 is 19.3 Å². The molecule has 0 bridgehead atoms. The lowest BCUT2D eigenvalue weighted by Crippen LogP contribution is -2.50. The third kappa shape index (κ3) is 3.42. The van der Waals surface area contributed by atoms with Crippen LogP contribution in [0.3, 0.4) is 0 Å². The number of nitrogens with zero attached hydrogens (tertiary/aromatic N) is 3. The van der Waals surface area contributed by atoms with E-state index in [2.05, 4.69) is 4.40 Å². The van der Waals surface area contributed by atoms with E-state index in [-0.39, 0.29) is 10.8 Å². The Labute approximate surface area is 169 Å². The van der Waals surface area contributed by atoms with Crippen molar-refractivity contribution >= 4 is 21.8 Å². The molecule has 0 saturated carbocycles. The summed E-state index contributed by atoms with van der Waals surface area (Å²) in [5.41, 5.74) is 1.13. The molecule has 2 aromatic carbocycles. The quantitative estimate of drug-likeness (QED) is 0.757.